The molecule has 176 valence electrons. The van der Waals surface area contributed by atoms with Gasteiger partial charge in [-0.1, -0.05) is 12.1 Å². The number of hydrogen-bond donors (Lipinski definition) is 2. The van der Waals surface area contributed by atoms with Crippen molar-refractivity contribution in [2.45, 2.75) is 24.8 Å². The number of nitrogens with one attached hydrogen (secondary N) is 2. The summed E-state index contributed by atoms with van der Waals surface area (Å²) in [6.45, 7) is 2.80. The van der Waals surface area contributed by atoms with Crippen molar-refractivity contribution in [3.05, 3.63) is 42.5 Å². The zero-order valence-corrected chi connectivity index (χ0v) is 20.1. The molecule has 0 saturated carbocycles. The number of hydrogen-bond acceptors (Lipinski definition) is 7. The first-order chi connectivity index (χ1) is 14.9. The van der Waals surface area contributed by atoms with Crippen molar-refractivity contribution in [2.75, 3.05) is 36.6 Å². The second-order valence-electron chi connectivity index (χ2n) is 7.13. The molecular formula is C20H27N3O7S2. The average Bonchev–Trinajstić information content (AvgIpc) is 2.70. The van der Waals surface area contributed by atoms with Gasteiger partial charge in [-0.05, 0) is 44.2 Å². The molecule has 1 amide bonds. The Labute approximate surface area is 188 Å². The van der Waals surface area contributed by atoms with Gasteiger partial charge in [0.2, 0.25) is 26.0 Å². The van der Waals surface area contributed by atoms with Gasteiger partial charge in [0.1, 0.15) is 18.0 Å². The summed E-state index contributed by atoms with van der Waals surface area (Å²) in [5.41, 5.74) is 0.273. The maximum Gasteiger partial charge on any atom is 0.245 e. The van der Waals surface area contributed by atoms with Gasteiger partial charge in [0.25, 0.3) is 0 Å². The fourth-order valence-corrected chi connectivity index (χ4v) is 5.00. The first-order valence-corrected chi connectivity index (χ1v) is 12.8. The van der Waals surface area contributed by atoms with Gasteiger partial charge < -0.3 is 14.8 Å². The highest BCUT2D eigenvalue weighted by Crippen LogP contribution is 2.30. The van der Waals surface area contributed by atoms with Crippen LogP contribution >= 0.6 is 0 Å². The first-order valence-electron chi connectivity index (χ1n) is 9.50. The largest absolute Gasteiger partial charge is 0.495 e. The van der Waals surface area contributed by atoms with Crippen molar-refractivity contribution >= 4 is 37.3 Å². The van der Waals surface area contributed by atoms with E-state index < -0.39 is 32.5 Å². The molecule has 0 aliphatic heterocycles. The lowest BCUT2D eigenvalue weighted by Crippen LogP contribution is -2.37. The van der Waals surface area contributed by atoms with Crippen LogP contribution in [0, 0.1) is 0 Å². The van der Waals surface area contributed by atoms with Crippen LogP contribution in [-0.2, 0) is 24.8 Å². The van der Waals surface area contributed by atoms with Crippen LogP contribution in [0.3, 0.4) is 0 Å². The minimum absolute atomic E-state index is 0.0769. The number of carbonyl (C=O) groups excluding carboxylic acids is 1. The Hall–Kier alpha value is -2.83. The van der Waals surface area contributed by atoms with Crippen LogP contribution in [0.4, 0.5) is 11.4 Å². The molecule has 0 aromatic heterocycles. The summed E-state index contributed by atoms with van der Waals surface area (Å²) >= 11 is 0. The zero-order valence-electron chi connectivity index (χ0n) is 18.4. The lowest BCUT2D eigenvalue weighted by atomic mass is 10.2. The van der Waals surface area contributed by atoms with Gasteiger partial charge in [0.15, 0.2) is 0 Å². The Bertz CT molecular complexity index is 1180. The van der Waals surface area contributed by atoms with Gasteiger partial charge in [0, 0.05) is 6.04 Å². The van der Waals surface area contributed by atoms with Crippen molar-refractivity contribution in [1.82, 2.24) is 4.72 Å². The van der Waals surface area contributed by atoms with E-state index >= 15 is 0 Å². The fourth-order valence-electron chi connectivity index (χ4n) is 2.87. The van der Waals surface area contributed by atoms with Gasteiger partial charge in [0.05, 0.1) is 36.7 Å². The summed E-state index contributed by atoms with van der Waals surface area (Å²) in [6, 6.07) is 10.0. The molecule has 10 nitrogen and oxygen atoms in total. The molecule has 0 heterocycles. The van der Waals surface area contributed by atoms with E-state index in [4.69, 9.17) is 9.47 Å². The number of sulfonamides is 2. The molecule has 0 spiro atoms. The van der Waals surface area contributed by atoms with Crippen LogP contribution < -0.4 is 23.8 Å². The van der Waals surface area contributed by atoms with E-state index in [1.165, 1.54) is 38.5 Å². The third kappa shape index (κ3) is 6.34. The van der Waals surface area contributed by atoms with E-state index in [2.05, 4.69) is 10.0 Å². The maximum atomic E-state index is 12.8. The van der Waals surface area contributed by atoms with Gasteiger partial charge in [-0.3, -0.25) is 9.10 Å². The minimum Gasteiger partial charge on any atom is -0.495 e. The SMILES string of the molecule is COc1ccc(S(=O)(=O)NC(C)C)cc1NC(=O)CN(c1ccccc1OC)S(C)(=O)=O. The highest BCUT2D eigenvalue weighted by Gasteiger charge is 2.25. The van der Waals surface area contributed by atoms with Crippen molar-refractivity contribution < 1.29 is 31.1 Å². The number of rotatable bonds is 10. The van der Waals surface area contributed by atoms with Crippen molar-refractivity contribution in [2.24, 2.45) is 0 Å². The zero-order chi connectivity index (χ0) is 24.1. The number of carbonyl (C=O) groups is 1. The van der Waals surface area contributed by atoms with Crippen LogP contribution in [0.15, 0.2) is 47.4 Å². The topological polar surface area (TPSA) is 131 Å². The molecule has 0 bridgehead atoms. The lowest BCUT2D eigenvalue weighted by molar-refractivity contribution is -0.114. The third-order valence-corrected chi connectivity index (χ3v) is 6.97. The first kappa shape index (κ1) is 25.4. The summed E-state index contributed by atoms with van der Waals surface area (Å²) in [7, 11) is -4.91. The third-order valence-electron chi connectivity index (χ3n) is 4.19. The van der Waals surface area contributed by atoms with Crippen LogP contribution in [0.25, 0.3) is 0 Å². The van der Waals surface area contributed by atoms with Crippen LogP contribution in [0.1, 0.15) is 13.8 Å². The molecular weight excluding hydrogens is 458 g/mol. The summed E-state index contributed by atoms with van der Waals surface area (Å²) in [6.07, 6.45) is 0.970. The molecule has 0 aliphatic carbocycles. The highest BCUT2D eigenvalue weighted by molar-refractivity contribution is 7.92. The van der Waals surface area contributed by atoms with E-state index in [0.29, 0.717) is 0 Å². The Balaban J connectivity index is 2.37. The molecule has 2 rings (SSSR count). The maximum absolute atomic E-state index is 12.8. The standard InChI is InChI=1S/C20H27N3O7S2/c1-14(2)22-32(27,28)15-10-11-18(29-3)16(12-15)21-20(24)13-23(31(5,25)26)17-8-6-7-9-19(17)30-4/h6-12,14,22H,13H2,1-5H3,(H,21,24). The highest BCUT2D eigenvalue weighted by atomic mass is 32.2. The van der Waals surface area contributed by atoms with Crippen molar-refractivity contribution in [3.8, 4) is 11.5 Å². The molecule has 0 aliphatic rings. The van der Waals surface area contributed by atoms with Crippen molar-refractivity contribution in [1.29, 1.82) is 0 Å². The Morgan fingerprint density at radius 2 is 1.62 bits per heavy atom. The molecule has 2 N–H and O–H groups in total. The molecule has 0 radical (unpaired) electrons. The number of ether oxygens (including phenoxy) is 2. The lowest BCUT2D eigenvalue weighted by Gasteiger charge is -2.24. The number of nitrogens with zero attached hydrogens (tertiary/aromatic N) is 1. The Morgan fingerprint density at radius 1 is 1.00 bits per heavy atom. The summed E-state index contributed by atoms with van der Waals surface area (Å²) in [4.78, 5) is 12.7. The predicted octanol–water partition coefficient (Wildman–Crippen LogP) is 1.80. The van der Waals surface area contributed by atoms with Crippen LogP contribution in [-0.4, -0.2) is 55.8 Å². The summed E-state index contributed by atoms with van der Waals surface area (Å²) in [5, 5.41) is 2.53. The van der Waals surface area contributed by atoms with Gasteiger partial charge in [-0.15, -0.1) is 0 Å². The summed E-state index contributed by atoms with van der Waals surface area (Å²) in [5.74, 6) is -0.216. The summed E-state index contributed by atoms with van der Waals surface area (Å²) < 4.78 is 63.5. The van der Waals surface area contributed by atoms with Gasteiger partial charge in [-0.25, -0.2) is 21.6 Å². The molecule has 0 saturated heterocycles. The molecule has 32 heavy (non-hydrogen) atoms. The number of amides is 1. The normalized spacial score (nSPS) is 11.8. The number of para-hydroxylation sites is 2. The van der Waals surface area contributed by atoms with Gasteiger partial charge in [-0.2, -0.15) is 0 Å². The quantitative estimate of drug-likeness (QED) is 0.524. The molecule has 0 unspecified atom stereocenters. The monoisotopic (exact) mass is 485 g/mol. The number of anilines is 2. The average molecular weight is 486 g/mol. The number of benzene rings is 2. The molecule has 0 fully saturated rings. The Kier molecular flexibility index (Phi) is 8.10. The van der Waals surface area contributed by atoms with Crippen molar-refractivity contribution in [3.63, 3.8) is 0 Å². The minimum atomic E-state index is -3.84. The van der Waals surface area contributed by atoms with Crippen LogP contribution in [0.5, 0.6) is 11.5 Å². The van der Waals surface area contributed by atoms with E-state index in [9.17, 15) is 21.6 Å². The van der Waals surface area contributed by atoms with E-state index in [1.807, 2.05) is 0 Å². The predicted molar refractivity (Wildman–Crippen MR) is 122 cm³/mol. The second-order valence-corrected chi connectivity index (χ2v) is 10.7. The van der Waals surface area contributed by atoms with E-state index in [-0.39, 0.29) is 33.8 Å². The smallest absolute Gasteiger partial charge is 0.245 e. The molecule has 0 atom stereocenters. The Morgan fingerprint density at radius 3 is 2.19 bits per heavy atom. The second kappa shape index (κ2) is 10.2. The van der Waals surface area contributed by atoms with E-state index in [1.54, 1.807) is 32.0 Å². The molecule has 2 aromatic rings. The fraction of sp³-hybridized carbons (Fsp3) is 0.350. The van der Waals surface area contributed by atoms with Crippen LogP contribution in [0.2, 0.25) is 0 Å². The molecule has 2 aromatic carbocycles. The molecule has 12 heteroatoms. The van der Waals surface area contributed by atoms with Gasteiger partial charge >= 0.3 is 0 Å². The van der Waals surface area contributed by atoms with E-state index in [0.717, 1.165) is 10.6 Å². The number of methoxy groups -OCH3 is 2.